The average molecular weight is 366 g/mol. The van der Waals surface area contributed by atoms with Gasteiger partial charge < -0.3 is 25.0 Å². The topological polar surface area (TPSA) is 68.0 Å². The predicted octanol–water partition coefficient (Wildman–Crippen LogP) is 1.16. The summed E-state index contributed by atoms with van der Waals surface area (Å²) in [6, 6.07) is 7.34. The molecule has 0 saturated carbocycles. The molecule has 2 rings (SSSR count). The molecule has 0 radical (unpaired) electrons. The minimum atomic E-state index is -0.576. The smallest absolute Gasteiger partial charge is 0.241 e. The quantitative estimate of drug-likeness (QED) is 0.847. The van der Waals surface area contributed by atoms with Crippen molar-refractivity contribution in [3.63, 3.8) is 0 Å². The summed E-state index contributed by atoms with van der Waals surface area (Å²) in [7, 11) is 3.22. The lowest BCUT2D eigenvalue weighted by atomic mass is 10.2. The number of anilines is 1. The van der Waals surface area contributed by atoms with E-state index in [1.165, 1.54) is 0 Å². The van der Waals surface area contributed by atoms with E-state index in [1.54, 1.807) is 19.1 Å². The number of hydrogen-bond acceptors (Lipinski definition) is 5. The van der Waals surface area contributed by atoms with Crippen molar-refractivity contribution in [2.24, 2.45) is 5.73 Å². The number of carbonyl (C=O) groups excluding carboxylic acids is 1. The highest BCUT2D eigenvalue weighted by molar-refractivity contribution is 5.85. The van der Waals surface area contributed by atoms with Crippen molar-refractivity contribution in [1.82, 2.24) is 4.90 Å². The van der Waals surface area contributed by atoms with Crippen molar-refractivity contribution >= 4 is 36.4 Å². The first-order chi connectivity index (χ1) is 10.2. The van der Waals surface area contributed by atoms with E-state index in [0.717, 1.165) is 24.5 Å². The molecule has 132 valence electrons. The highest BCUT2D eigenvalue weighted by Gasteiger charge is 2.26. The molecule has 1 aromatic carbocycles. The van der Waals surface area contributed by atoms with Crippen LogP contribution in [0, 0.1) is 0 Å². The van der Waals surface area contributed by atoms with Crippen LogP contribution in [0.4, 0.5) is 5.69 Å². The number of para-hydroxylation sites is 2. The number of halogens is 2. The minimum Gasteiger partial charge on any atom is -0.495 e. The van der Waals surface area contributed by atoms with Gasteiger partial charge in [0, 0.05) is 33.3 Å². The Hall–Kier alpha value is -1.21. The molecule has 1 atom stereocenters. The summed E-state index contributed by atoms with van der Waals surface area (Å²) < 4.78 is 10.3. The normalized spacial score (nSPS) is 15.3. The van der Waals surface area contributed by atoms with Crippen LogP contribution in [0.15, 0.2) is 24.3 Å². The van der Waals surface area contributed by atoms with Gasteiger partial charge in [0.25, 0.3) is 0 Å². The Morgan fingerprint density at radius 2 is 1.78 bits per heavy atom. The van der Waals surface area contributed by atoms with E-state index >= 15 is 0 Å². The summed E-state index contributed by atoms with van der Waals surface area (Å²) in [6.07, 6.45) is 0. The van der Waals surface area contributed by atoms with Crippen molar-refractivity contribution in [3.05, 3.63) is 24.3 Å². The molecule has 0 spiro atoms. The largest absolute Gasteiger partial charge is 0.495 e. The van der Waals surface area contributed by atoms with Crippen molar-refractivity contribution in [2.45, 2.75) is 6.04 Å². The Kier molecular flexibility index (Phi) is 9.99. The summed E-state index contributed by atoms with van der Waals surface area (Å²) in [5, 5.41) is 0. The van der Waals surface area contributed by atoms with Crippen LogP contribution < -0.4 is 15.4 Å². The fourth-order valence-corrected chi connectivity index (χ4v) is 2.54. The van der Waals surface area contributed by atoms with E-state index in [4.69, 9.17) is 15.2 Å². The van der Waals surface area contributed by atoms with Gasteiger partial charge in [-0.3, -0.25) is 4.79 Å². The van der Waals surface area contributed by atoms with Crippen molar-refractivity contribution in [3.8, 4) is 5.75 Å². The molecular formula is C15H25Cl2N3O3. The molecule has 1 fully saturated rings. The van der Waals surface area contributed by atoms with Gasteiger partial charge in [0.05, 0.1) is 19.4 Å². The molecule has 1 saturated heterocycles. The van der Waals surface area contributed by atoms with Crippen LogP contribution in [0.25, 0.3) is 0 Å². The second kappa shape index (κ2) is 10.5. The molecule has 1 unspecified atom stereocenters. The maximum Gasteiger partial charge on any atom is 0.241 e. The molecule has 23 heavy (non-hydrogen) atoms. The highest BCUT2D eigenvalue weighted by Crippen LogP contribution is 2.28. The zero-order valence-corrected chi connectivity index (χ0v) is 15.1. The van der Waals surface area contributed by atoms with Gasteiger partial charge in [0.1, 0.15) is 11.8 Å². The summed E-state index contributed by atoms with van der Waals surface area (Å²) in [4.78, 5) is 16.2. The first-order valence-electron chi connectivity index (χ1n) is 7.08. The van der Waals surface area contributed by atoms with Gasteiger partial charge in [-0.25, -0.2) is 0 Å². The zero-order valence-electron chi connectivity index (χ0n) is 13.4. The number of methoxy groups -OCH3 is 2. The molecule has 1 aliphatic rings. The first-order valence-corrected chi connectivity index (χ1v) is 7.08. The van der Waals surface area contributed by atoms with Crippen LogP contribution in [-0.4, -0.2) is 63.9 Å². The van der Waals surface area contributed by atoms with E-state index in [1.807, 2.05) is 24.3 Å². The van der Waals surface area contributed by atoms with Gasteiger partial charge in [-0.2, -0.15) is 0 Å². The molecular weight excluding hydrogens is 341 g/mol. The fraction of sp³-hybridized carbons (Fsp3) is 0.533. The Labute approximate surface area is 149 Å². The Balaban J connectivity index is 0.00000242. The number of carbonyl (C=O) groups is 1. The standard InChI is InChI=1S/C15H23N3O3.2ClH/c1-20-11-12(16)15(19)18-9-7-17(8-10-18)13-5-3-4-6-14(13)21-2;;/h3-6,12H,7-11,16H2,1-2H3;2*1H. The van der Waals surface area contributed by atoms with Gasteiger partial charge in [0.2, 0.25) is 5.91 Å². The number of nitrogens with zero attached hydrogens (tertiary/aromatic N) is 2. The number of hydrogen-bond donors (Lipinski definition) is 1. The van der Waals surface area contributed by atoms with Gasteiger partial charge in [-0.1, -0.05) is 12.1 Å². The third kappa shape index (κ3) is 5.42. The summed E-state index contributed by atoms with van der Waals surface area (Å²) in [6.45, 7) is 3.12. The van der Waals surface area contributed by atoms with Crippen molar-refractivity contribution in [2.75, 3.05) is 51.9 Å². The molecule has 0 aliphatic carbocycles. The lowest BCUT2D eigenvalue weighted by Crippen LogP contribution is -2.54. The molecule has 8 heteroatoms. The van der Waals surface area contributed by atoms with Crippen LogP contribution >= 0.6 is 24.8 Å². The number of rotatable bonds is 5. The second-order valence-electron chi connectivity index (χ2n) is 5.05. The van der Waals surface area contributed by atoms with Gasteiger partial charge >= 0.3 is 0 Å². The number of piperazine rings is 1. The Bertz CT molecular complexity index is 483. The van der Waals surface area contributed by atoms with Gasteiger partial charge in [-0.05, 0) is 12.1 Å². The van der Waals surface area contributed by atoms with E-state index < -0.39 is 6.04 Å². The first kappa shape index (κ1) is 21.8. The lowest BCUT2D eigenvalue weighted by molar-refractivity contribution is -0.134. The van der Waals surface area contributed by atoms with Crippen LogP contribution in [-0.2, 0) is 9.53 Å². The SMILES string of the molecule is COCC(N)C(=O)N1CCN(c2ccccc2OC)CC1.Cl.Cl. The summed E-state index contributed by atoms with van der Waals surface area (Å²) >= 11 is 0. The fourth-order valence-electron chi connectivity index (χ4n) is 2.54. The molecule has 1 amide bonds. The Morgan fingerprint density at radius 1 is 1.17 bits per heavy atom. The zero-order chi connectivity index (χ0) is 15.2. The monoisotopic (exact) mass is 365 g/mol. The van der Waals surface area contributed by atoms with E-state index in [-0.39, 0.29) is 37.3 Å². The summed E-state index contributed by atoms with van der Waals surface area (Å²) in [5.41, 5.74) is 6.86. The van der Waals surface area contributed by atoms with Gasteiger partial charge in [-0.15, -0.1) is 24.8 Å². The maximum absolute atomic E-state index is 12.1. The maximum atomic E-state index is 12.1. The molecule has 1 heterocycles. The van der Waals surface area contributed by atoms with Crippen LogP contribution in [0.1, 0.15) is 0 Å². The Morgan fingerprint density at radius 3 is 2.35 bits per heavy atom. The van der Waals surface area contributed by atoms with E-state index in [9.17, 15) is 4.79 Å². The summed E-state index contributed by atoms with van der Waals surface area (Å²) in [5.74, 6) is 0.810. The third-order valence-corrected chi connectivity index (χ3v) is 3.68. The van der Waals surface area contributed by atoms with Crippen molar-refractivity contribution in [1.29, 1.82) is 0 Å². The van der Waals surface area contributed by atoms with Crippen molar-refractivity contribution < 1.29 is 14.3 Å². The second-order valence-corrected chi connectivity index (χ2v) is 5.05. The predicted molar refractivity (Wildman–Crippen MR) is 96.1 cm³/mol. The van der Waals surface area contributed by atoms with Crippen LogP contribution in [0.3, 0.4) is 0 Å². The molecule has 0 aromatic heterocycles. The highest BCUT2D eigenvalue weighted by atomic mass is 35.5. The number of nitrogens with two attached hydrogens (primary N) is 1. The molecule has 6 nitrogen and oxygen atoms in total. The van der Waals surface area contributed by atoms with Crippen LogP contribution in [0.2, 0.25) is 0 Å². The lowest BCUT2D eigenvalue weighted by Gasteiger charge is -2.37. The number of benzene rings is 1. The molecule has 1 aliphatic heterocycles. The number of ether oxygens (including phenoxy) is 2. The number of amides is 1. The molecule has 0 bridgehead atoms. The van der Waals surface area contributed by atoms with E-state index in [0.29, 0.717) is 13.1 Å². The average Bonchev–Trinajstić information content (AvgIpc) is 2.54. The van der Waals surface area contributed by atoms with E-state index in [2.05, 4.69) is 4.90 Å². The third-order valence-electron chi connectivity index (χ3n) is 3.68. The molecule has 2 N–H and O–H groups in total. The van der Waals surface area contributed by atoms with Crippen LogP contribution in [0.5, 0.6) is 5.75 Å². The molecule has 1 aromatic rings. The minimum absolute atomic E-state index is 0. The van der Waals surface area contributed by atoms with Gasteiger partial charge in [0.15, 0.2) is 0 Å².